The molecule has 31 heavy (non-hydrogen) atoms. The van der Waals surface area contributed by atoms with Crippen LogP contribution in [0.4, 0.5) is 5.69 Å². The quantitative estimate of drug-likeness (QED) is 0.529. The van der Waals surface area contributed by atoms with E-state index < -0.39 is 15.9 Å². The van der Waals surface area contributed by atoms with Gasteiger partial charge in [-0.15, -0.1) is 0 Å². The van der Waals surface area contributed by atoms with E-state index in [0.29, 0.717) is 25.7 Å². The van der Waals surface area contributed by atoms with Crippen molar-refractivity contribution in [2.24, 2.45) is 0 Å². The van der Waals surface area contributed by atoms with Gasteiger partial charge in [0.25, 0.3) is 10.0 Å². The van der Waals surface area contributed by atoms with Crippen molar-refractivity contribution in [2.75, 3.05) is 24.0 Å². The molecule has 8 heteroatoms. The number of rotatable bonds is 10. The summed E-state index contributed by atoms with van der Waals surface area (Å²) >= 11 is 6.26. The number of anilines is 1. The Kier molecular flexibility index (Phi) is 8.75. The zero-order valence-corrected chi connectivity index (χ0v) is 19.1. The Balaban J connectivity index is 1.61. The average molecular weight is 465 g/mol. The van der Waals surface area contributed by atoms with E-state index in [1.807, 2.05) is 0 Å². The Labute approximate surface area is 189 Å². The summed E-state index contributed by atoms with van der Waals surface area (Å²) < 4.78 is 33.4. The van der Waals surface area contributed by atoms with Crippen molar-refractivity contribution < 1.29 is 17.9 Å². The van der Waals surface area contributed by atoms with E-state index >= 15 is 0 Å². The Bertz CT molecular complexity index is 947. The fourth-order valence-electron chi connectivity index (χ4n) is 3.64. The van der Waals surface area contributed by atoms with Gasteiger partial charge in [0.15, 0.2) is 0 Å². The highest BCUT2D eigenvalue weighted by molar-refractivity contribution is 7.92. The van der Waals surface area contributed by atoms with Gasteiger partial charge in [0.2, 0.25) is 5.91 Å². The maximum atomic E-state index is 13.2. The van der Waals surface area contributed by atoms with Crippen LogP contribution in [0, 0.1) is 0 Å². The Hall–Kier alpha value is -2.09. The summed E-state index contributed by atoms with van der Waals surface area (Å²) in [6, 6.07) is 14.6. The van der Waals surface area contributed by atoms with E-state index in [0.717, 1.165) is 17.1 Å². The first-order valence-electron chi connectivity index (χ1n) is 10.7. The van der Waals surface area contributed by atoms with Crippen LogP contribution >= 0.6 is 11.6 Å². The second-order valence-electron chi connectivity index (χ2n) is 7.61. The van der Waals surface area contributed by atoms with Crippen molar-refractivity contribution in [1.82, 2.24) is 5.32 Å². The third-order valence-electron chi connectivity index (χ3n) is 5.29. The number of halogens is 1. The van der Waals surface area contributed by atoms with Crippen molar-refractivity contribution >= 4 is 33.2 Å². The van der Waals surface area contributed by atoms with Gasteiger partial charge >= 0.3 is 0 Å². The van der Waals surface area contributed by atoms with Crippen LogP contribution in [-0.2, 0) is 19.6 Å². The molecule has 1 amide bonds. The zero-order valence-electron chi connectivity index (χ0n) is 17.5. The molecule has 3 rings (SSSR count). The van der Waals surface area contributed by atoms with E-state index in [1.165, 1.54) is 31.4 Å². The molecule has 1 aliphatic rings. The van der Waals surface area contributed by atoms with Crippen molar-refractivity contribution in [2.45, 2.75) is 49.5 Å². The standard InChI is InChI=1S/C23H29ClN2O4S/c24-21-14-7-8-15-22(21)26(31(28,29)20-12-5-2-6-13-20)18-23(27)25-16-9-17-30-19-10-3-1-4-11-19/h2,5-8,12-15,19H,1,3-4,9-11,16-18H2,(H,25,27). The van der Waals surface area contributed by atoms with Crippen LogP contribution in [0.15, 0.2) is 59.5 Å². The highest BCUT2D eigenvalue weighted by atomic mass is 35.5. The molecule has 2 aromatic carbocycles. The summed E-state index contributed by atoms with van der Waals surface area (Å²) in [5.74, 6) is -0.392. The molecule has 0 aromatic heterocycles. The summed E-state index contributed by atoms with van der Waals surface area (Å²) in [6.07, 6.45) is 6.94. The van der Waals surface area contributed by atoms with Crippen molar-refractivity contribution in [3.63, 3.8) is 0 Å². The summed E-state index contributed by atoms with van der Waals surface area (Å²) in [5.41, 5.74) is 0.267. The number of carbonyl (C=O) groups excluding carboxylic acids is 1. The van der Waals surface area contributed by atoms with Crippen molar-refractivity contribution in [3.8, 4) is 0 Å². The molecule has 1 saturated carbocycles. The second-order valence-corrected chi connectivity index (χ2v) is 9.88. The zero-order chi connectivity index (χ0) is 22.1. The number of benzene rings is 2. The Morgan fingerprint density at radius 1 is 1.03 bits per heavy atom. The van der Waals surface area contributed by atoms with Crippen molar-refractivity contribution in [3.05, 3.63) is 59.6 Å². The van der Waals surface area contributed by atoms with Gasteiger partial charge < -0.3 is 10.1 Å². The van der Waals surface area contributed by atoms with Gasteiger partial charge in [-0.1, -0.05) is 61.2 Å². The van der Waals surface area contributed by atoms with Gasteiger partial charge in [0.05, 0.1) is 21.7 Å². The summed E-state index contributed by atoms with van der Waals surface area (Å²) in [6.45, 7) is 0.652. The second kappa shape index (κ2) is 11.5. The molecule has 0 bridgehead atoms. The molecule has 1 aliphatic carbocycles. The largest absolute Gasteiger partial charge is 0.378 e. The third-order valence-corrected chi connectivity index (χ3v) is 7.38. The van der Waals surface area contributed by atoms with E-state index in [4.69, 9.17) is 16.3 Å². The van der Waals surface area contributed by atoms with E-state index in [9.17, 15) is 13.2 Å². The molecule has 0 heterocycles. The topological polar surface area (TPSA) is 75.7 Å². The van der Waals surface area contributed by atoms with Gasteiger partial charge in [0, 0.05) is 13.2 Å². The number of sulfonamides is 1. The van der Waals surface area contributed by atoms with Crippen LogP contribution in [0.3, 0.4) is 0 Å². The number of hydrogen-bond donors (Lipinski definition) is 1. The molecule has 1 N–H and O–H groups in total. The first-order valence-corrected chi connectivity index (χ1v) is 12.5. The van der Waals surface area contributed by atoms with Crippen LogP contribution in [0.5, 0.6) is 0 Å². The molecule has 2 aromatic rings. The third kappa shape index (κ3) is 6.69. The number of nitrogens with zero attached hydrogens (tertiary/aromatic N) is 1. The maximum Gasteiger partial charge on any atom is 0.264 e. The maximum absolute atomic E-state index is 13.2. The number of para-hydroxylation sites is 1. The molecule has 1 fully saturated rings. The van der Waals surface area contributed by atoms with Crippen LogP contribution in [-0.4, -0.2) is 40.1 Å². The van der Waals surface area contributed by atoms with Crippen LogP contribution in [0.1, 0.15) is 38.5 Å². The lowest BCUT2D eigenvalue weighted by molar-refractivity contribution is -0.119. The molecule has 168 valence electrons. The minimum Gasteiger partial charge on any atom is -0.378 e. The fraction of sp³-hybridized carbons (Fsp3) is 0.435. The minimum atomic E-state index is -3.96. The highest BCUT2D eigenvalue weighted by Gasteiger charge is 2.28. The van der Waals surface area contributed by atoms with Gasteiger partial charge in [-0.25, -0.2) is 8.42 Å². The minimum absolute atomic E-state index is 0.101. The molecule has 6 nitrogen and oxygen atoms in total. The monoisotopic (exact) mass is 464 g/mol. The van der Waals surface area contributed by atoms with Crippen LogP contribution in [0.25, 0.3) is 0 Å². The first kappa shape index (κ1) is 23.6. The summed E-state index contributed by atoms with van der Waals surface area (Å²) in [7, 11) is -3.96. The lowest BCUT2D eigenvalue weighted by atomic mass is 9.98. The number of carbonyl (C=O) groups is 1. The number of hydrogen-bond acceptors (Lipinski definition) is 4. The smallest absolute Gasteiger partial charge is 0.264 e. The van der Waals surface area contributed by atoms with E-state index in [-0.39, 0.29) is 22.2 Å². The van der Waals surface area contributed by atoms with Gasteiger partial charge in [-0.2, -0.15) is 0 Å². The molecular formula is C23H29ClN2O4S. The van der Waals surface area contributed by atoms with Gasteiger partial charge in [-0.3, -0.25) is 9.10 Å². The predicted octanol–water partition coefficient (Wildman–Crippen LogP) is 4.39. The molecule has 0 radical (unpaired) electrons. The molecule has 0 unspecified atom stereocenters. The Morgan fingerprint density at radius 2 is 1.71 bits per heavy atom. The number of nitrogens with one attached hydrogen (secondary N) is 1. The number of amides is 1. The van der Waals surface area contributed by atoms with E-state index in [2.05, 4.69) is 5.32 Å². The Morgan fingerprint density at radius 3 is 2.42 bits per heavy atom. The lowest BCUT2D eigenvalue weighted by Crippen LogP contribution is -2.41. The SMILES string of the molecule is O=C(CN(c1ccccc1Cl)S(=O)(=O)c1ccccc1)NCCCOC1CCCCC1. The van der Waals surface area contributed by atoms with Crippen LogP contribution in [0.2, 0.25) is 5.02 Å². The molecule has 0 aliphatic heterocycles. The van der Waals surface area contributed by atoms with E-state index in [1.54, 1.807) is 42.5 Å². The first-order chi connectivity index (χ1) is 15.0. The summed E-state index contributed by atoms with van der Waals surface area (Å²) in [5, 5.41) is 3.06. The number of ether oxygens (including phenoxy) is 1. The normalized spacial score (nSPS) is 14.9. The van der Waals surface area contributed by atoms with Crippen molar-refractivity contribution in [1.29, 1.82) is 0 Å². The molecular weight excluding hydrogens is 436 g/mol. The molecule has 0 saturated heterocycles. The lowest BCUT2D eigenvalue weighted by Gasteiger charge is -2.25. The predicted molar refractivity (Wildman–Crippen MR) is 123 cm³/mol. The average Bonchev–Trinajstić information content (AvgIpc) is 2.79. The fourth-order valence-corrected chi connectivity index (χ4v) is 5.39. The molecule has 0 atom stereocenters. The molecule has 0 spiro atoms. The summed E-state index contributed by atoms with van der Waals surface area (Å²) in [4.78, 5) is 12.7. The van der Waals surface area contributed by atoms with Gasteiger partial charge in [0.1, 0.15) is 6.54 Å². The van der Waals surface area contributed by atoms with Gasteiger partial charge in [-0.05, 0) is 43.5 Å². The van der Waals surface area contributed by atoms with Crippen LogP contribution < -0.4 is 9.62 Å². The highest BCUT2D eigenvalue weighted by Crippen LogP contribution is 2.30.